The van der Waals surface area contributed by atoms with Crippen molar-refractivity contribution < 1.29 is 9.47 Å². The van der Waals surface area contributed by atoms with Gasteiger partial charge >= 0.3 is 0 Å². The summed E-state index contributed by atoms with van der Waals surface area (Å²) in [5.41, 5.74) is 7.47. The standard InChI is InChI=1S/C18H15ClN2O2S/c1-22-17-9-13(8-14(10-20)18(21)24)4-7-16(17)23-11-12-2-5-15(19)6-3-12/h2-9H,11H2,1H3,(H2,21,24)/b14-8+. The lowest BCUT2D eigenvalue weighted by atomic mass is 10.1. The summed E-state index contributed by atoms with van der Waals surface area (Å²) < 4.78 is 11.1. The highest BCUT2D eigenvalue weighted by molar-refractivity contribution is 7.80. The average molecular weight is 359 g/mol. The highest BCUT2D eigenvalue weighted by Crippen LogP contribution is 2.29. The number of thiocarbonyl (C=S) groups is 1. The quantitative estimate of drug-likeness (QED) is 0.478. The lowest BCUT2D eigenvalue weighted by Crippen LogP contribution is -2.09. The fourth-order valence-electron chi connectivity index (χ4n) is 1.96. The van der Waals surface area contributed by atoms with Crippen molar-refractivity contribution in [2.75, 3.05) is 7.11 Å². The molecule has 0 fully saturated rings. The van der Waals surface area contributed by atoms with E-state index in [-0.39, 0.29) is 10.6 Å². The number of hydrogen-bond donors (Lipinski definition) is 1. The molecule has 0 heterocycles. The lowest BCUT2D eigenvalue weighted by Gasteiger charge is -2.11. The average Bonchev–Trinajstić information content (AvgIpc) is 2.59. The van der Waals surface area contributed by atoms with Crippen LogP contribution in [0.3, 0.4) is 0 Å². The second-order valence-electron chi connectivity index (χ2n) is 4.86. The molecule has 0 amide bonds. The molecular weight excluding hydrogens is 344 g/mol. The normalized spacial score (nSPS) is 10.8. The van der Waals surface area contributed by atoms with E-state index in [0.717, 1.165) is 11.1 Å². The number of methoxy groups -OCH3 is 1. The molecule has 0 spiro atoms. The van der Waals surface area contributed by atoms with Crippen LogP contribution in [0.4, 0.5) is 0 Å². The molecular formula is C18H15ClN2O2S. The van der Waals surface area contributed by atoms with Crippen molar-refractivity contribution in [1.82, 2.24) is 0 Å². The summed E-state index contributed by atoms with van der Waals surface area (Å²) in [5.74, 6) is 1.15. The summed E-state index contributed by atoms with van der Waals surface area (Å²) in [6.07, 6.45) is 1.60. The maximum absolute atomic E-state index is 9.02. The molecule has 24 heavy (non-hydrogen) atoms. The molecule has 0 aliphatic rings. The zero-order valence-corrected chi connectivity index (χ0v) is 14.5. The Morgan fingerprint density at radius 1 is 1.25 bits per heavy atom. The van der Waals surface area contributed by atoms with E-state index >= 15 is 0 Å². The molecule has 0 aliphatic heterocycles. The van der Waals surface area contributed by atoms with E-state index in [1.54, 1.807) is 31.4 Å². The number of benzene rings is 2. The molecule has 0 atom stereocenters. The number of halogens is 1. The summed E-state index contributed by atoms with van der Waals surface area (Å²) in [7, 11) is 1.55. The fourth-order valence-corrected chi connectivity index (χ4v) is 2.19. The summed E-state index contributed by atoms with van der Waals surface area (Å²) in [4.78, 5) is 0.0551. The van der Waals surface area contributed by atoms with Crippen LogP contribution in [0.1, 0.15) is 11.1 Å². The van der Waals surface area contributed by atoms with Gasteiger partial charge in [0, 0.05) is 5.02 Å². The molecule has 0 radical (unpaired) electrons. The zero-order chi connectivity index (χ0) is 17.5. The first-order valence-electron chi connectivity index (χ1n) is 7.00. The number of nitriles is 1. The van der Waals surface area contributed by atoms with Crippen LogP contribution in [-0.2, 0) is 6.61 Å². The Morgan fingerprint density at radius 2 is 1.96 bits per heavy atom. The predicted octanol–water partition coefficient (Wildman–Crippen LogP) is 4.12. The van der Waals surface area contributed by atoms with Gasteiger partial charge in [0.15, 0.2) is 11.5 Å². The molecule has 122 valence electrons. The monoisotopic (exact) mass is 358 g/mol. The first-order chi connectivity index (χ1) is 11.5. The van der Waals surface area contributed by atoms with Crippen molar-refractivity contribution in [3.8, 4) is 17.6 Å². The van der Waals surface area contributed by atoms with Gasteiger partial charge in [-0.3, -0.25) is 0 Å². The Kier molecular flexibility index (Phi) is 6.19. The molecule has 2 aromatic carbocycles. The van der Waals surface area contributed by atoms with E-state index in [1.165, 1.54) is 0 Å². The molecule has 0 aromatic heterocycles. The molecule has 0 saturated heterocycles. The van der Waals surface area contributed by atoms with Crippen molar-refractivity contribution in [2.45, 2.75) is 6.61 Å². The van der Waals surface area contributed by atoms with E-state index in [2.05, 4.69) is 0 Å². The van der Waals surface area contributed by atoms with Crippen molar-refractivity contribution in [2.24, 2.45) is 5.73 Å². The number of ether oxygens (including phenoxy) is 2. The van der Waals surface area contributed by atoms with Crippen LogP contribution in [0.2, 0.25) is 5.02 Å². The third kappa shape index (κ3) is 4.72. The van der Waals surface area contributed by atoms with Crippen LogP contribution in [-0.4, -0.2) is 12.1 Å². The second-order valence-corrected chi connectivity index (χ2v) is 5.74. The van der Waals surface area contributed by atoms with E-state index < -0.39 is 0 Å². The molecule has 0 aliphatic carbocycles. The molecule has 2 rings (SSSR count). The second kappa shape index (κ2) is 8.34. The molecule has 2 aromatic rings. The molecule has 0 saturated carbocycles. The third-order valence-corrected chi connectivity index (χ3v) is 3.66. The molecule has 0 bridgehead atoms. The summed E-state index contributed by atoms with van der Waals surface area (Å²) >= 11 is 10.7. The minimum Gasteiger partial charge on any atom is -0.493 e. The van der Waals surface area contributed by atoms with Gasteiger partial charge in [0.25, 0.3) is 0 Å². The van der Waals surface area contributed by atoms with E-state index in [0.29, 0.717) is 23.1 Å². The molecule has 2 N–H and O–H groups in total. The zero-order valence-electron chi connectivity index (χ0n) is 13.0. The van der Waals surface area contributed by atoms with E-state index in [9.17, 15) is 0 Å². The molecule has 6 heteroatoms. The van der Waals surface area contributed by atoms with Gasteiger partial charge in [-0.05, 0) is 41.5 Å². The maximum atomic E-state index is 9.02. The van der Waals surface area contributed by atoms with Crippen LogP contribution in [0.5, 0.6) is 11.5 Å². The van der Waals surface area contributed by atoms with Crippen molar-refractivity contribution in [3.05, 3.63) is 64.2 Å². The minimum absolute atomic E-state index is 0.0551. The van der Waals surface area contributed by atoms with E-state index in [1.807, 2.05) is 30.3 Å². The van der Waals surface area contributed by atoms with Gasteiger partial charge in [-0.1, -0.05) is 42.0 Å². The van der Waals surface area contributed by atoms with Crippen molar-refractivity contribution >= 4 is 34.9 Å². The first-order valence-corrected chi connectivity index (χ1v) is 7.79. The summed E-state index contributed by atoms with van der Waals surface area (Å²) in [6.45, 7) is 0.388. The highest BCUT2D eigenvalue weighted by atomic mass is 35.5. The van der Waals surface area contributed by atoms with Crippen LogP contribution in [0.25, 0.3) is 6.08 Å². The van der Waals surface area contributed by atoms with Gasteiger partial charge in [-0.15, -0.1) is 0 Å². The largest absolute Gasteiger partial charge is 0.493 e. The third-order valence-electron chi connectivity index (χ3n) is 3.19. The van der Waals surface area contributed by atoms with Gasteiger partial charge in [-0.25, -0.2) is 0 Å². The first kappa shape index (κ1) is 17.8. The van der Waals surface area contributed by atoms with Gasteiger partial charge in [0.2, 0.25) is 0 Å². The van der Waals surface area contributed by atoms with Crippen LogP contribution >= 0.6 is 23.8 Å². The Balaban J connectivity index is 2.18. The van der Waals surface area contributed by atoms with Gasteiger partial charge < -0.3 is 15.2 Å². The van der Waals surface area contributed by atoms with Crippen LogP contribution in [0, 0.1) is 11.3 Å². The highest BCUT2D eigenvalue weighted by Gasteiger charge is 2.07. The van der Waals surface area contributed by atoms with Crippen LogP contribution < -0.4 is 15.2 Å². The number of nitrogens with zero attached hydrogens (tertiary/aromatic N) is 1. The molecule has 4 nitrogen and oxygen atoms in total. The Morgan fingerprint density at radius 3 is 2.54 bits per heavy atom. The van der Waals surface area contributed by atoms with Crippen molar-refractivity contribution in [3.63, 3.8) is 0 Å². The lowest BCUT2D eigenvalue weighted by molar-refractivity contribution is 0.284. The van der Waals surface area contributed by atoms with Gasteiger partial charge in [-0.2, -0.15) is 5.26 Å². The fraction of sp³-hybridized carbons (Fsp3) is 0.111. The van der Waals surface area contributed by atoms with E-state index in [4.69, 9.17) is 44.3 Å². The smallest absolute Gasteiger partial charge is 0.161 e. The maximum Gasteiger partial charge on any atom is 0.161 e. The van der Waals surface area contributed by atoms with Gasteiger partial charge in [0.05, 0.1) is 12.7 Å². The minimum atomic E-state index is 0.0551. The topological polar surface area (TPSA) is 68.3 Å². The molecule has 0 unspecified atom stereocenters. The number of rotatable bonds is 6. The Labute approximate surface area is 151 Å². The number of hydrogen-bond acceptors (Lipinski definition) is 4. The Hall–Kier alpha value is -2.55. The van der Waals surface area contributed by atoms with Crippen molar-refractivity contribution in [1.29, 1.82) is 5.26 Å². The number of nitrogens with two attached hydrogens (primary N) is 1. The Bertz CT molecular complexity index is 811. The summed E-state index contributed by atoms with van der Waals surface area (Å²) in [5, 5.41) is 9.70. The predicted molar refractivity (Wildman–Crippen MR) is 99.2 cm³/mol. The SMILES string of the molecule is COc1cc(/C=C(\C#N)C(N)=S)ccc1OCc1ccc(Cl)cc1. The van der Waals surface area contributed by atoms with Gasteiger partial charge in [0.1, 0.15) is 17.7 Å². The summed E-state index contributed by atoms with van der Waals surface area (Å²) in [6, 6.07) is 14.7. The van der Waals surface area contributed by atoms with Crippen LogP contribution in [0.15, 0.2) is 48.0 Å².